The van der Waals surface area contributed by atoms with Crippen LogP contribution in [0.2, 0.25) is 0 Å². The van der Waals surface area contributed by atoms with Crippen molar-refractivity contribution in [2.24, 2.45) is 0 Å². The van der Waals surface area contributed by atoms with Crippen molar-refractivity contribution in [3.05, 3.63) is 39.9 Å². The molecule has 0 aliphatic heterocycles. The largest absolute Gasteiger partial charge is 0.352 e. The average Bonchev–Trinajstić information content (AvgIpc) is 2.48. The van der Waals surface area contributed by atoms with Crippen LogP contribution in [0.5, 0.6) is 0 Å². The molecule has 0 spiro atoms. The Balaban J connectivity index is 1.72. The summed E-state index contributed by atoms with van der Waals surface area (Å²) in [5.74, 6) is -0.00710. The van der Waals surface area contributed by atoms with Crippen LogP contribution in [0.15, 0.2) is 24.3 Å². The first-order chi connectivity index (χ1) is 10.1. The maximum Gasteiger partial charge on any atom is 0.269 e. The van der Waals surface area contributed by atoms with Gasteiger partial charge in [-0.2, -0.15) is 0 Å². The van der Waals surface area contributed by atoms with Crippen LogP contribution in [0, 0.1) is 10.1 Å². The zero-order valence-electron chi connectivity index (χ0n) is 12.0. The molecule has 114 valence electrons. The van der Waals surface area contributed by atoms with Crippen LogP contribution in [0.25, 0.3) is 0 Å². The Bertz CT molecular complexity index is 499. The van der Waals surface area contributed by atoms with Gasteiger partial charge in [0.15, 0.2) is 0 Å². The first-order valence-corrected chi connectivity index (χ1v) is 7.38. The van der Waals surface area contributed by atoms with Crippen LogP contribution in [-0.4, -0.2) is 23.4 Å². The van der Waals surface area contributed by atoms with Gasteiger partial charge >= 0.3 is 0 Å². The number of nitro benzene ring substituents is 1. The lowest BCUT2D eigenvalue weighted by Gasteiger charge is -2.22. The maximum absolute atomic E-state index is 11.8. The minimum atomic E-state index is -0.417. The molecular weight excluding hydrogens is 270 g/mol. The molecule has 0 unspecified atom stereocenters. The van der Waals surface area contributed by atoms with Crippen molar-refractivity contribution in [3.8, 4) is 0 Å². The molecule has 1 aromatic rings. The van der Waals surface area contributed by atoms with Gasteiger partial charge in [0.05, 0.1) is 11.5 Å². The molecule has 21 heavy (non-hydrogen) atoms. The van der Waals surface area contributed by atoms with Crippen molar-refractivity contribution in [1.82, 2.24) is 10.6 Å². The highest BCUT2D eigenvalue weighted by Gasteiger charge is 2.15. The molecule has 2 N–H and O–H groups in total. The Labute approximate surface area is 124 Å². The van der Waals surface area contributed by atoms with E-state index >= 15 is 0 Å². The smallest absolute Gasteiger partial charge is 0.269 e. The first kappa shape index (κ1) is 15.4. The second-order valence-corrected chi connectivity index (χ2v) is 5.43. The highest BCUT2D eigenvalue weighted by atomic mass is 16.6. The molecule has 0 bridgehead atoms. The van der Waals surface area contributed by atoms with E-state index in [0.29, 0.717) is 12.6 Å². The number of nitro groups is 1. The molecule has 1 aliphatic rings. The topological polar surface area (TPSA) is 84.3 Å². The lowest BCUT2D eigenvalue weighted by atomic mass is 9.95. The minimum Gasteiger partial charge on any atom is -0.352 e. The lowest BCUT2D eigenvalue weighted by molar-refractivity contribution is -0.384. The van der Waals surface area contributed by atoms with Crippen LogP contribution in [0.4, 0.5) is 5.69 Å². The minimum absolute atomic E-state index is 0.00710. The Morgan fingerprint density at radius 1 is 1.29 bits per heavy atom. The zero-order chi connectivity index (χ0) is 15.1. The van der Waals surface area contributed by atoms with E-state index in [2.05, 4.69) is 10.6 Å². The molecule has 0 atom stereocenters. The van der Waals surface area contributed by atoms with E-state index in [4.69, 9.17) is 0 Å². The monoisotopic (exact) mass is 291 g/mol. The van der Waals surface area contributed by atoms with Crippen LogP contribution >= 0.6 is 0 Å². The van der Waals surface area contributed by atoms with Crippen molar-refractivity contribution in [1.29, 1.82) is 0 Å². The van der Waals surface area contributed by atoms with Gasteiger partial charge in [-0.1, -0.05) is 31.4 Å². The Kier molecular flexibility index (Phi) is 5.68. The van der Waals surface area contributed by atoms with Gasteiger partial charge in [-0.25, -0.2) is 0 Å². The highest BCUT2D eigenvalue weighted by Crippen LogP contribution is 2.17. The number of hydrogen-bond acceptors (Lipinski definition) is 4. The van der Waals surface area contributed by atoms with Gasteiger partial charge in [0.2, 0.25) is 5.91 Å². The summed E-state index contributed by atoms with van der Waals surface area (Å²) in [6.07, 6.45) is 5.77. The van der Waals surface area contributed by atoms with Crippen LogP contribution in [0.3, 0.4) is 0 Å². The molecule has 0 radical (unpaired) electrons. The second kappa shape index (κ2) is 7.73. The third-order valence-corrected chi connectivity index (χ3v) is 3.71. The van der Waals surface area contributed by atoms with E-state index in [0.717, 1.165) is 18.4 Å². The second-order valence-electron chi connectivity index (χ2n) is 5.43. The number of hydrogen-bond donors (Lipinski definition) is 2. The van der Waals surface area contributed by atoms with E-state index < -0.39 is 4.92 Å². The van der Waals surface area contributed by atoms with Gasteiger partial charge < -0.3 is 10.6 Å². The fourth-order valence-electron chi connectivity index (χ4n) is 2.63. The van der Waals surface area contributed by atoms with E-state index in [9.17, 15) is 14.9 Å². The molecule has 0 saturated heterocycles. The van der Waals surface area contributed by atoms with Gasteiger partial charge in [-0.15, -0.1) is 0 Å². The molecule has 2 rings (SSSR count). The number of amides is 1. The summed E-state index contributed by atoms with van der Waals surface area (Å²) in [5, 5.41) is 16.7. The Morgan fingerprint density at radius 3 is 2.76 bits per heavy atom. The molecule has 6 nitrogen and oxygen atoms in total. The van der Waals surface area contributed by atoms with Crippen molar-refractivity contribution in [2.75, 3.05) is 6.54 Å². The normalized spacial score (nSPS) is 15.6. The van der Waals surface area contributed by atoms with Crippen molar-refractivity contribution in [2.45, 2.75) is 44.7 Å². The zero-order valence-corrected chi connectivity index (χ0v) is 12.0. The summed E-state index contributed by atoms with van der Waals surface area (Å²) in [6, 6.07) is 6.74. The number of carbonyl (C=O) groups excluding carboxylic acids is 1. The standard InChI is InChI=1S/C15H21N3O3/c19-15(17-13-6-2-1-3-7-13)11-16-10-12-5-4-8-14(9-12)18(20)21/h4-5,8-9,13,16H,1-3,6-7,10-11H2,(H,17,19). The third-order valence-electron chi connectivity index (χ3n) is 3.71. The molecule has 1 saturated carbocycles. The molecule has 0 aromatic heterocycles. The summed E-state index contributed by atoms with van der Waals surface area (Å²) in [4.78, 5) is 22.1. The number of carbonyl (C=O) groups is 1. The molecule has 1 aromatic carbocycles. The molecule has 1 aliphatic carbocycles. The van der Waals surface area contributed by atoms with Crippen molar-refractivity contribution < 1.29 is 9.72 Å². The Hall–Kier alpha value is -1.95. The van der Waals surface area contributed by atoms with Crippen LogP contribution in [0.1, 0.15) is 37.7 Å². The summed E-state index contributed by atoms with van der Waals surface area (Å²) < 4.78 is 0. The maximum atomic E-state index is 11.8. The summed E-state index contributed by atoms with van der Waals surface area (Å²) >= 11 is 0. The highest BCUT2D eigenvalue weighted by molar-refractivity contribution is 5.78. The molecule has 6 heteroatoms. The SMILES string of the molecule is O=C(CNCc1cccc([N+](=O)[O-])c1)NC1CCCCC1. The lowest BCUT2D eigenvalue weighted by Crippen LogP contribution is -2.41. The van der Waals surface area contributed by atoms with E-state index in [1.165, 1.54) is 31.4 Å². The quantitative estimate of drug-likeness (QED) is 0.621. The third kappa shape index (κ3) is 5.15. The number of nitrogens with zero attached hydrogens (tertiary/aromatic N) is 1. The van der Waals surface area contributed by atoms with Crippen molar-refractivity contribution in [3.63, 3.8) is 0 Å². The predicted molar refractivity (Wildman–Crippen MR) is 79.8 cm³/mol. The number of benzene rings is 1. The molecule has 0 heterocycles. The molecule has 1 fully saturated rings. The van der Waals surface area contributed by atoms with Gasteiger partial charge in [-0.05, 0) is 18.4 Å². The van der Waals surface area contributed by atoms with E-state index in [1.807, 2.05) is 0 Å². The van der Waals surface area contributed by atoms with Gasteiger partial charge in [-0.3, -0.25) is 14.9 Å². The number of non-ortho nitro benzene ring substituents is 1. The molecular formula is C15H21N3O3. The average molecular weight is 291 g/mol. The van der Waals surface area contributed by atoms with E-state index in [-0.39, 0.29) is 18.1 Å². The number of rotatable bonds is 6. The summed E-state index contributed by atoms with van der Waals surface area (Å²) in [7, 11) is 0. The fourth-order valence-corrected chi connectivity index (χ4v) is 2.63. The molecule has 1 amide bonds. The summed E-state index contributed by atoms with van der Waals surface area (Å²) in [5.41, 5.74) is 0.871. The van der Waals surface area contributed by atoms with Crippen LogP contribution in [-0.2, 0) is 11.3 Å². The number of nitrogens with one attached hydrogen (secondary N) is 2. The van der Waals surface area contributed by atoms with Crippen molar-refractivity contribution >= 4 is 11.6 Å². The fraction of sp³-hybridized carbons (Fsp3) is 0.533. The summed E-state index contributed by atoms with van der Waals surface area (Å²) in [6.45, 7) is 0.680. The predicted octanol–water partition coefficient (Wildman–Crippen LogP) is 2.13. The van der Waals surface area contributed by atoms with Crippen LogP contribution < -0.4 is 10.6 Å². The van der Waals surface area contributed by atoms with Gasteiger partial charge in [0, 0.05) is 24.7 Å². The Morgan fingerprint density at radius 2 is 2.05 bits per heavy atom. The van der Waals surface area contributed by atoms with E-state index in [1.54, 1.807) is 12.1 Å². The van der Waals surface area contributed by atoms with Gasteiger partial charge in [0.1, 0.15) is 0 Å². The first-order valence-electron chi connectivity index (χ1n) is 7.38. The van der Waals surface area contributed by atoms with Gasteiger partial charge in [0.25, 0.3) is 5.69 Å².